The van der Waals surface area contributed by atoms with Gasteiger partial charge in [-0.15, -0.1) is 0 Å². The molecule has 2 aliphatic carbocycles. The smallest absolute Gasteiger partial charge is 0.341 e. The third-order valence-corrected chi connectivity index (χ3v) is 5.24. The molecule has 1 saturated carbocycles. The molecular formula is C18H19F3N2O. The fourth-order valence-electron chi connectivity index (χ4n) is 3.92. The van der Waals surface area contributed by atoms with E-state index in [-0.39, 0.29) is 36.8 Å². The summed E-state index contributed by atoms with van der Waals surface area (Å²) in [6.07, 6.45) is -2.76. The molecule has 0 heterocycles. The topological polar surface area (TPSA) is 44.1 Å². The van der Waals surface area contributed by atoms with Crippen LogP contribution in [0.4, 0.5) is 13.2 Å². The lowest BCUT2D eigenvalue weighted by Crippen LogP contribution is -2.37. The summed E-state index contributed by atoms with van der Waals surface area (Å²) in [5, 5.41) is 8.70. The van der Waals surface area contributed by atoms with E-state index < -0.39 is 12.6 Å². The first-order valence-electron chi connectivity index (χ1n) is 8.18. The lowest BCUT2D eigenvalue weighted by Gasteiger charge is -2.24. The Morgan fingerprint density at radius 2 is 2.08 bits per heavy atom. The minimum Gasteiger partial charge on any atom is -0.341 e. The van der Waals surface area contributed by atoms with Crippen molar-refractivity contribution in [3.63, 3.8) is 0 Å². The third kappa shape index (κ3) is 3.12. The maximum atomic E-state index is 12.7. The second-order valence-electron chi connectivity index (χ2n) is 6.67. The lowest BCUT2D eigenvalue weighted by atomic mass is 9.95. The number of nitrogens with zero attached hydrogens (tertiary/aromatic N) is 2. The van der Waals surface area contributed by atoms with Crippen molar-refractivity contribution >= 4 is 5.91 Å². The van der Waals surface area contributed by atoms with Gasteiger partial charge in [0, 0.05) is 24.4 Å². The molecule has 2 atom stereocenters. The van der Waals surface area contributed by atoms with Gasteiger partial charge >= 0.3 is 6.18 Å². The van der Waals surface area contributed by atoms with Crippen LogP contribution < -0.4 is 0 Å². The zero-order valence-corrected chi connectivity index (χ0v) is 13.3. The van der Waals surface area contributed by atoms with E-state index in [0.29, 0.717) is 6.42 Å². The van der Waals surface area contributed by atoms with Gasteiger partial charge in [0.05, 0.1) is 18.9 Å². The predicted octanol–water partition coefficient (Wildman–Crippen LogP) is 3.59. The summed E-state index contributed by atoms with van der Waals surface area (Å²) < 4.78 is 37.5. The summed E-state index contributed by atoms with van der Waals surface area (Å²) in [6, 6.07) is 9.92. The number of halogens is 3. The number of hydrogen-bond donors (Lipinski definition) is 0. The number of carbonyl (C=O) groups is 1. The number of aryl methyl sites for hydroxylation is 1. The van der Waals surface area contributed by atoms with Gasteiger partial charge < -0.3 is 4.90 Å². The van der Waals surface area contributed by atoms with Crippen molar-refractivity contribution in [2.75, 3.05) is 13.1 Å². The highest BCUT2D eigenvalue weighted by atomic mass is 19.4. The average molecular weight is 336 g/mol. The number of carbonyl (C=O) groups excluding carboxylic acids is 1. The van der Waals surface area contributed by atoms with Crippen molar-refractivity contribution in [2.45, 2.75) is 43.7 Å². The first-order valence-corrected chi connectivity index (χ1v) is 8.18. The fraction of sp³-hybridized carbons (Fsp3) is 0.556. The lowest BCUT2D eigenvalue weighted by molar-refractivity contribution is -0.146. The predicted molar refractivity (Wildman–Crippen MR) is 82.0 cm³/mol. The van der Waals surface area contributed by atoms with Crippen molar-refractivity contribution in [3.8, 4) is 6.07 Å². The molecule has 1 fully saturated rings. The van der Waals surface area contributed by atoms with Gasteiger partial charge in [-0.1, -0.05) is 24.3 Å². The highest BCUT2D eigenvalue weighted by Crippen LogP contribution is 2.62. The summed E-state index contributed by atoms with van der Waals surface area (Å²) in [4.78, 5) is 14.0. The molecule has 0 saturated heterocycles. The van der Waals surface area contributed by atoms with Gasteiger partial charge in [-0.25, -0.2) is 0 Å². The van der Waals surface area contributed by atoms with Crippen LogP contribution >= 0.6 is 0 Å². The Bertz CT molecular complexity index is 680. The average Bonchev–Trinajstić information content (AvgIpc) is 3.15. The van der Waals surface area contributed by atoms with E-state index in [9.17, 15) is 18.0 Å². The molecule has 3 rings (SSSR count). The van der Waals surface area contributed by atoms with E-state index in [2.05, 4.69) is 6.07 Å². The summed E-state index contributed by atoms with van der Waals surface area (Å²) in [7, 11) is 0. The van der Waals surface area contributed by atoms with E-state index in [1.54, 1.807) is 0 Å². The van der Waals surface area contributed by atoms with Crippen molar-refractivity contribution in [3.05, 3.63) is 35.4 Å². The maximum Gasteiger partial charge on any atom is 0.390 e. The van der Waals surface area contributed by atoms with E-state index in [0.717, 1.165) is 12.8 Å². The van der Waals surface area contributed by atoms with Crippen molar-refractivity contribution < 1.29 is 18.0 Å². The van der Waals surface area contributed by atoms with E-state index >= 15 is 0 Å². The Kier molecular flexibility index (Phi) is 4.29. The summed E-state index contributed by atoms with van der Waals surface area (Å²) in [5.74, 6) is -0.473. The highest BCUT2D eigenvalue weighted by Gasteiger charge is 2.62. The van der Waals surface area contributed by atoms with Crippen LogP contribution in [0.15, 0.2) is 24.3 Å². The Morgan fingerprint density at radius 1 is 1.33 bits per heavy atom. The van der Waals surface area contributed by atoms with E-state index in [4.69, 9.17) is 5.26 Å². The Balaban J connectivity index is 1.72. The molecule has 1 aromatic rings. The number of fused-ring (bicyclic) bond motifs is 2. The standard InChI is InChI=1S/C18H19F3N2O/c19-18(20,21)8-11-23(10-3-9-22)16(24)15-12-17(15)7-6-13-4-1-2-5-14(13)17/h1-2,4-5,15H,3,6-8,10-12H2/t15-,17-/m1/s1. The van der Waals surface area contributed by atoms with Gasteiger partial charge in [0.2, 0.25) is 5.91 Å². The van der Waals surface area contributed by atoms with Gasteiger partial charge in [0.15, 0.2) is 0 Å². The molecule has 1 aromatic carbocycles. The second kappa shape index (κ2) is 6.12. The normalized spacial score (nSPS) is 24.5. The molecule has 0 unspecified atom stereocenters. The van der Waals surface area contributed by atoms with Gasteiger partial charge in [-0.3, -0.25) is 4.79 Å². The zero-order chi connectivity index (χ0) is 17.4. The van der Waals surface area contributed by atoms with Crippen LogP contribution in [-0.2, 0) is 16.6 Å². The summed E-state index contributed by atoms with van der Waals surface area (Å²) in [6.45, 7) is -0.294. The Hall–Kier alpha value is -2.03. The molecule has 1 amide bonds. The molecule has 3 nitrogen and oxygen atoms in total. The number of benzene rings is 1. The van der Waals surface area contributed by atoms with Gasteiger partial charge in [0.1, 0.15) is 0 Å². The number of amides is 1. The van der Waals surface area contributed by atoms with Crippen LogP contribution in [0.3, 0.4) is 0 Å². The summed E-state index contributed by atoms with van der Waals surface area (Å²) in [5.41, 5.74) is 2.24. The van der Waals surface area contributed by atoms with Crippen molar-refractivity contribution in [2.24, 2.45) is 5.92 Å². The Morgan fingerprint density at radius 3 is 2.79 bits per heavy atom. The monoisotopic (exact) mass is 336 g/mol. The molecule has 6 heteroatoms. The van der Waals surface area contributed by atoms with Crippen LogP contribution in [0.2, 0.25) is 0 Å². The number of hydrogen-bond acceptors (Lipinski definition) is 2. The molecule has 0 N–H and O–H groups in total. The fourth-order valence-corrected chi connectivity index (χ4v) is 3.92. The van der Waals surface area contributed by atoms with Gasteiger partial charge in [-0.2, -0.15) is 18.4 Å². The zero-order valence-electron chi connectivity index (χ0n) is 13.3. The highest BCUT2D eigenvalue weighted by molar-refractivity contribution is 5.85. The molecule has 0 aliphatic heterocycles. The number of alkyl halides is 3. The molecule has 0 bridgehead atoms. The number of rotatable bonds is 5. The first-order chi connectivity index (χ1) is 11.4. The minimum absolute atomic E-state index is 0.0555. The van der Waals surface area contributed by atoms with E-state index in [1.807, 2.05) is 24.3 Å². The van der Waals surface area contributed by atoms with Crippen LogP contribution in [0.1, 0.15) is 36.8 Å². The molecule has 2 aliphatic rings. The molecule has 0 aromatic heterocycles. The van der Waals surface area contributed by atoms with Crippen LogP contribution in [0.5, 0.6) is 0 Å². The molecule has 1 spiro atoms. The van der Waals surface area contributed by atoms with Crippen LogP contribution in [0.25, 0.3) is 0 Å². The first kappa shape index (κ1) is 16.8. The molecular weight excluding hydrogens is 317 g/mol. The van der Waals surface area contributed by atoms with E-state index in [1.165, 1.54) is 16.0 Å². The van der Waals surface area contributed by atoms with Crippen molar-refractivity contribution in [1.29, 1.82) is 5.26 Å². The molecule has 128 valence electrons. The third-order valence-electron chi connectivity index (χ3n) is 5.24. The number of nitriles is 1. The van der Waals surface area contributed by atoms with Crippen molar-refractivity contribution in [1.82, 2.24) is 4.90 Å². The second-order valence-corrected chi connectivity index (χ2v) is 6.67. The maximum absolute atomic E-state index is 12.7. The molecule has 24 heavy (non-hydrogen) atoms. The Labute approximate surface area is 139 Å². The molecule has 0 radical (unpaired) electrons. The van der Waals surface area contributed by atoms with Gasteiger partial charge in [0.25, 0.3) is 0 Å². The minimum atomic E-state index is -4.30. The quantitative estimate of drug-likeness (QED) is 0.825. The van der Waals surface area contributed by atoms with Crippen LogP contribution in [-0.4, -0.2) is 30.1 Å². The van der Waals surface area contributed by atoms with Gasteiger partial charge in [-0.05, 0) is 30.4 Å². The SMILES string of the molecule is N#CCCN(CCC(F)(F)F)C(=O)[C@H]1C[C@@]12CCc1ccccc12. The largest absolute Gasteiger partial charge is 0.390 e. The van der Waals surface area contributed by atoms with Crippen LogP contribution in [0, 0.1) is 17.2 Å². The summed E-state index contributed by atoms with van der Waals surface area (Å²) >= 11 is 0.